The van der Waals surface area contributed by atoms with E-state index in [1.54, 1.807) is 0 Å². The third-order valence-electron chi connectivity index (χ3n) is 10.5. The number of rotatable bonds is 0. The maximum absolute atomic E-state index is 10.7. The van der Waals surface area contributed by atoms with Crippen LogP contribution in [0.1, 0.15) is 11.1 Å². The molecule has 0 fully saturated rings. The van der Waals surface area contributed by atoms with Crippen molar-refractivity contribution >= 4 is 56.5 Å². The van der Waals surface area contributed by atoms with Gasteiger partial charge in [0.2, 0.25) is 22.6 Å². The molecule has 49 heavy (non-hydrogen) atoms. The van der Waals surface area contributed by atoms with E-state index in [4.69, 9.17) is 20.0 Å². The van der Waals surface area contributed by atoms with Crippen LogP contribution < -0.4 is 11.0 Å². The van der Waals surface area contributed by atoms with Gasteiger partial charge in [0.25, 0.3) is 23.3 Å². The SMILES string of the molecule is OC1=CC2C3=Nc4c5cc(O)c(O)cc5c5n4C46n7c(c8cc(O)c(O)cc8c7=NC(=[N+]34)C2C=C1O)=NC1=[N+]6C(=N5)c2cc(O)c(O)cc21. The molecule has 16 nitrogen and oxygen atoms in total. The summed E-state index contributed by atoms with van der Waals surface area (Å²) in [5, 5.41) is 87.5. The van der Waals surface area contributed by atoms with Crippen LogP contribution in [0, 0.1) is 11.8 Å². The molecule has 6 aliphatic heterocycles. The topological polar surface area (TPSA) is 227 Å². The summed E-state index contributed by atoms with van der Waals surface area (Å²) in [6, 6.07) is 8.38. The number of aromatic hydroxyl groups is 6. The predicted molar refractivity (Wildman–Crippen MR) is 167 cm³/mol. The van der Waals surface area contributed by atoms with Gasteiger partial charge in [0, 0.05) is 0 Å². The van der Waals surface area contributed by atoms with Crippen LogP contribution in [-0.2, 0) is 5.91 Å². The number of aliphatic imine (C=N–C) groups is 2. The van der Waals surface area contributed by atoms with Crippen molar-refractivity contribution in [2.24, 2.45) is 31.8 Å². The Bertz CT molecular complexity index is 3000. The summed E-state index contributed by atoms with van der Waals surface area (Å²) in [7, 11) is 0. The van der Waals surface area contributed by atoms with Gasteiger partial charge in [-0.1, -0.05) is 20.0 Å². The van der Waals surface area contributed by atoms with Gasteiger partial charge in [0.1, 0.15) is 0 Å². The van der Waals surface area contributed by atoms with Gasteiger partial charge in [-0.05, 0) is 48.6 Å². The normalized spacial score (nSPS) is 24.1. The van der Waals surface area contributed by atoms with Crippen LogP contribution in [0.15, 0.2) is 80.0 Å². The lowest BCUT2D eigenvalue weighted by Gasteiger charge is -2.40. The first-order chi connectivity index (χ1) is 23.6. The second-order valence-corrected chi connectivity index (χ2v) is 12.9. The van der Waals surface area contributed by atoms with Crippen LogP contribution in [0.5, 0.6) is 34.5 Å². The molecular weight excluding hydrogens is 636 g/mol. The Morgan fingerprint density at radius 1 is 0.531 bits per heavy atom. The number of aliphatic hydroxyl groups excluding tert-OH is 2. The minimum atomic E-state index is -1.58. The van der Waals surface area contributed by atoms with Crippen LogP contribution in [0.3, 0.4) is 0 Å². The van der Waals surface area contributed by atoms with E-state index in [9.17, 15) is 40.9 Å². The molecule has 1 aliphatic carbocycles. The monoisotopic (exact) mass is 654 g/mol. The van der Waals surface area contributed by atoms with Crippen molar-refractivity contribution in [2.75, 3.05) is 0 Å². The zero-order valence-electron chi connectivity index (χ0n) is 24.4. The molecule has 3 atom stereocenters. The number of benzene rings is 3. The van der Waals surface area contributed by atoms with Crippen molar-refractivity contribution in [3.05, 3.63) is 82.2 Å². The van der Waals surface area contributed by atoms with Gasteiger partial charge in [-0.2, -0.15) is 13.7 Å². The van der Waals surface area contributed by atoms with Crippen LogP contribution >= 0.6 is 0 Å². The second-order valence-electron chi connectivity index (χ2n) is 12.9. The molecule has 1 spiro atoms. The van der Waals surface area contributed by atoms with Gasteiger partial charge in [-0.25, -0.2) is 0 Å². The number of aromatic nitrogens is 2. The molecule has 0 amide bonds. The van der Waals surface area contributed by atoms with E-state index in [0.717, 1.165) is 0 Å². The number of nitrogens with zero attached hydrogens (tertiary/aromatic N) is 8. The van der Waals surface area contributed by atoms with Crippen LogP contribution in [0.25, 0.3) is 21.5 Å². The summed E-state index contributed by atoms with van der Waals surface area (Å²) in [5.74, 6) is -3.65. The fraction of sp³-hybridized carbons (Fsp3) is 0.0909. The molecular formula is C33H18N8O8+2. The van der Waals surface area contributed by atoms with E-state index < -0.39 is 17.7 Å². The number of fused-ring (bicyclic) bond motifs is 12. The van der Waals surface area contributed by atoms with E-state index in [1.165, 1.54) is 48.6 Å². The summed E-state index contributed by atoms with van der Waals surface area (Å²) in [4.78, 5) is 20.4. The lowest BCUT2D eigenvalue weighted by Crippen LogP contribution is -2.71. The molecule has 16 heteroatoms. The molecule has 8 N–H and O–H groups in total. The fourth-order valence-electron chi connectivity index (χ4n) is 8.56. The van der Waals surface area contributed by atoms with Crippen LogP contribution in [0.4, 0.5) is 11.6 Å². The number of hydrogen-bond acceptors (Lipinski definition) is 12. The number of phenolic OH excluding ortho intramolecular Hbond substituents is 6. The summed E-state index contributed by atoms with van der Waals surface area (Å²) < 4.78 is 7.36. The average molecular weight is 655 g/mol. The first-order valence-corrected chi connectivity index (χ1v) is 15.1. The zero-order chi connectivity index (χ0) is 33.2. The van der Waals surface area contributed by atoms with Gasteiger partial charge in [0.05, 0.1) is 44.5 Å². The Morgan fingerprint density at radius 2 is 1.06 bits per heavy atom. The summed E-state index contributed by atoms with van der Waals surface area (Å²) in [5.41, 5.74) is 1.53. The van der Waals surface area contributed by atoms with Crippen LogP contribution in [-0.4, -0.2) is 82.5 Å². The summed E-state index contributed by atoms with van der Waals surface area (Å²) in [6.07, 6.45) is 3.01. The van der Waals surface area contributed by atoms with E-state index in [-0.39, 0.29) is 46.0 Å². The first-order valence-electron chi connectivity index (χ1n) is 15.1. The highest BCUT2D eigenvalue weighted by atomic mass is 16.3. The predicted octanol–water partition coefficient (Wildman–Crippen LogP) is 1.67. The number of aliphatic hydroxyl groups is 2. The van der Waals surface area contributed by atoms with Gasteiger partial charge >= 0.3 is 5.91 Å². The Morgan fingerprint density at radius 3 is 1.71 bits per heavy atom. The van der Waals surface area contributed by atoms with Crippen LogP contribution in [0.2, 0.25) is 0 Å². The highest BCUT2D eigenvalue weighted by Crippen LogP contribution is 2.55. The molecule has 2 aromatic heterocycles. The molecule has 0 radical (unpaired) electrons. The maximum Gasteiger partial charge on any atom is 0.404 e. The highest BCUT2D eigenvalue weighted by molar-refractivity contribution is 6.18. The minimum absolute atomic E-state index is 0.323. The minimum Gasteiger partial charge on any atom is -0.504 e. The standard InChI is InChI=1S/C33H16N8O8/c42-17-1-9-10(2-18(17)43)26-35-28-13-5-21(46)22(47)6-14(13)30-37-32-16-8-24(49)23(48)7-15(16)31-36-29-12-4-20(45)19(44)3-11(12)27-34-25(9)38(26)33(39(27)29,40(28)30)41(31)32/h1-10H,(H6,42,43,44,45,46,47,48,49)/p+2. The molecule has 0 saturated carbocycles. The lowest BCUT2D eigenvalue weighted by atomic mass is 9.88. The Labute approximate surface area is 269 Å². The molecule has 3 aromatic carbocycles. The van der Waals surface area contributed by atoms with Crippen molar-refractivity contribution in [3.8, 4) is 34.5 Å². The Kier molecular flexibility index (Phi) is 3.70. The number of amidine groups is 4. The Balaban J connectivity index is 1.39. The number of phenols is 6. The van der Waals surface area contributed by atoms with E-state index >= 15 is 0 Å². The Hall–Kier alpha value is -7.10. The quantitative estimate of drug-likeness (QED) is 0.0903. The molecule has 0 bridgehead atoms. The van der Waals surface area contributed by atoms with Gasteiger partial charge in [-0.15, -0.1) is 4.58 Å². The van der Waals surface area contributed by atoms with Crippen molar-refractivity contribution in [3.63, 3.8) is 0 Å². The first kappa shape index (κ1) is 25.0. The molecule has 3 unspecified atom stereocenters. The zero-order valence-corrected chi connectivity index (χ0v) is 24.4. The highest BCUT2D eigenvalue weighted by Gasteiger charge is 2.71. The molecule has 5 aromatic rings. The van der Waals surface area contributed by atoms with Crippen molar-refractivity contribution in [2.45, 2.75) is 5.91 Å². The van der Waals surface area contributed by atoms with Crippen molar-refractivity contribution in [1.29, 1.82) is 0 Å². The average Bonchev–Trinajstić information content (AvgIpc) is 3.74. The molecule has 12 rings (SSSR count). The van der Waals surface area contributed by atoms with Crippen molar-refractivity contribution < 1.29 is 50.0 Å². The molecule has 7 aliphatic rings. The summed E-state index contributed by atoms with van der Waals surface area (Å²) in [6.45, 7) is 0. The molecule has 0 saturated heterocycles. The number of hydrogen-bond donors (Lipinski definition) is 8. The summed E-state index contributed by atoms with van der Waals surface area (Å²) >= 11 is 0. The van der Waals surface area contributed by atoms with Gasteiger partial charge in [-0.3, -0.25) is 0 Å². The third kappa shape index (κ3) is 2.39. The lowest BCUT2D eigenvalue weighted by molar-refractivity contribution is -0.791. The maximum atomic E-state index is 10.7. The van der Waals surface area contributed by atoms with E-state index in [1.807, 2.05) is 18.3 Å². The van der Waals surface area contributed by atoms with E-state index in [0.29, 0.717) is 78.6 Å². The van der Waals surface area contributed by atoms with Crippen molar-refractivity contribution in [1.82, 2.24) is 9.13 Å². The largest absolute Gasteiger partial charge is 0.504 e. The molecule has 8 heterocycles. The van der Waals surface area contributed by atoms with Gasteiger partial charge in [0.15, 0.2) is 46.0 Å². The van der Waals surface area contributed by atoms with Gasteiger partial charge < -0.3 is 40.9 Å². The second kappa shape index (κ2) is 7.23. The fourth-order valence-corrected chi connectivity index (χ4v) is 8.56. The molecule has 236 valence electrons. The third-order valence-corrected chi connectivity index (χ3v) is 10.5. The van der Waals surface area contributed by atoms with E-state index in [2.05, 4.69) is 0 Å². The smallest absolute Gasteiger partial charge is 0.404 e.